The number of amides is 1. The summed E-state index contributed by atoms with van der Waals surface area (Å²) in [6, 6.07) is 0. The molecule has 1 heterocycles. The summed E-state index contributed by atoms with van der Waals surface area (Å²) < 4.78 is 6.70. The second-order valence-corrected chi connectivity index (χ2v) is 12.8. The van der Waals surface area contributed by atoms with Crippen LogP contribution in [0.2, 0.25) is 0 Å². The quantitative estimate of drug-likeness (QED) is 0.518. The monoisotopic (exact) mass is 455 g/mol. The summed E-state index contributed by atoms with van der Waals surface area (Å²) in [5, 5.41) is 13.2. The minimum atomic E-state index is -0.124. The van der Waals surface area contributed by atoms with Crippen molar-refractivity contribution in [1.29, 1.82) is 0 Å². The smallest absolute Gasteiger partial charge is 0.216 e. The van der Waals surface area contributed by atoms with Gasteiger partial charge in [0, 0.05) is 25.8 Å². The molecular weight excluding hydrogens is 410 g/mol. The van der Waals surface area contributed by atoms with Crippen LogP contribution in [-0.2, 0) is 9.53 Å². The van der Waals surface area contributed by atoms with Gasteiger partial charge in [0.1, 0.15) is 6.10 Å². The highest BCUT2D eigenvalue weighted by Gasteiger charge is 2.63. The van der Waals surface area contributed by atoms with Crippen molar-refractivity contribution >= 4 is 5.91 Å². The highest BCUT2D eigenvalue weighted by atomic mass is 16.5. The molecule has 1 aliphatic heterocycles. The summed E-state index contributed by atoms with van der Waals surface area (Å²) in [7, 11) is 0. The molecule has 3 fully saturated rings. The summed E-state index contributed by atoms with van der Waals surface area (Å²) in [6.45, 7) is 12.0. The lowest BCUT2D eigenvalue weighted by atomic mass is 9.47. The average molecular weight is 456 g/mol. The van der Waals surface area contributed by atoms with Gasteiger partial charge >= 0.3 is 0 Å². The summed E-state index contributed by atoms with van der Waals surface area (Å²) in [5.41, 5.74) is 3.75. The van der Waals surface area contributed by atoms with E-state index in [2.05, 4.69) is 39.1 Å². The predicted octanol–water partition coefficient (Wildman–Crippen LogP) is 5.76. The Morgan fingerprint density at radius 2 is 2.06 bits per heavy atom. The van der Waals surface area contributed by atoms with Gasteiger partial charge in [-0.2, -0.15) is 0 Å². The van der Waals surface area contributed by atoms with Crippen LogP contribution in [0.5, 0.6) is 0 Å². The molecule has 184 valence electrons. The zero-order valence-corrected chi connectivity index (χ0v) is 21.5. The predicted molar refractivity (Wildman–Crippen MR) is 131 cm³/mol. The second kappa shape index (κ2) is 8.43. The van der Waals surface area contributed by atoms with E-state index in [0.29, 0.717) is 28.8 Å². The topological polar surface area (TPSA) is 58.6 Å². The van der Waals surface area contributed by atoms with E-state index in [1.165, 1.54) is 37.0 Å². The lowest BCUT2D eigenvalue weighted by Crippen LogP contribution is -2.50. The molecule has 0 aromatic heterocycles. The van der Waals surface area contributed by atoms with E-state index in [4.69, 9.17) is 4.74 Å². The lowest BCUT2D eigenvalue weighted by molar-refractivity contribution is -0.119. The highest BCUT2D eigenvalue weighted by molar-refractivity contribution is 5.72. The standard InChI is InChI=1S/C29H45NO3/c1-17(16-30-19(3)31)6-9-25-18(2)27-26(33-25)15-24-22-8-7-20-14-21(32)10-12-28(20,4)23(22)11-13-29(24,27)5/h7,17,21-24,26-27,32H,6,8-16H2,1-5H3,(H,30,31)/t17-,21+,22+,23-,24+,26-,27-,28+,29-/m1/s1. The van der Waals surface area contributed by atoms with E-state index in [1.807, 2.05) is 0 Å². The molecule has 3 saturated carbocycles. The summed E-state index contributed by atoms with van der Waals surface area (Å²) in [6.07, 6.45) is 13.0. The van der Waals surface area contributed by atoms with E-state index in [0.717, 1.165) is 56.4 Å². The van der Waals surface area contributed by atoms with Gasteiger partial charge in [0.25, 0.3) is 0 Å². The van der Waals surface area contributed by atoms with E-state index in [1.54, 1.807) is 12.5 Å². The molecule has 4 nitrogen and oxygen atoms in total. The van der Waals surface area contributed by atoms with Crippen LogP contribution in [0.25, 0.3) is 0 Å². The number of aliphatic hydroxyl groups is 1. The van der Waals surface area contributed by atoms with Gasteiger partial charge in [-0.05, 0) is 98.4 Å². The molecule has 0 radical (unpaired) electrons. The molecule has 4 aliphatic carbocycles. The van der Waals surface area contributed by atoms with E-state index >= 15 is 0 Å². The first-order valence-corrected chi connectivity index (χ1v) is 13.6. The highest BCUT2D eigenvalue weighted by Crippen LogP contribution is 2.68. The number of aliphatic hydroxyl groups excluding tert-OH is 1. The van der Waals surface area contributed by atoms with Crippen molar-refractivity contribution in [2.24, 2.45) is 40.4 Å². The Bertz CT molecular complexity index is 861. The van der Waals surface area contributed by atoms with Crippen LogP contribution in [0, 0.1) is 40.4 Å². The first-order valence-electron chi connectivity index (χ1n) is 13.6. The number of hydrogen-bond acceptors (Lipinski definition) is 3. The largest absolute Gasteiger partial charge is 0.494 e. The molecule has 9 atom stereocenters. The van der Waals surface area contributed by atoms with Crippen molar-refractivity contribution in [1.82, 2.24) is 5.32 Å². The molecule has 0 unspecified atom stereocenters. The van der Waals surface area contributed by atoms with Gasteiger partial charge in [-0.1, -0.05) is 32.4 Å². The van der Waals surface area contributed by atoms with Gasteiger partial charge in [0.15, 0.2) is 0 Å². The fourth-order valence-electron chi connectivity index (χ4n) is 9.02. The fourth-order valence-corrected chi connectivity index (χ4v) is 9.02. The minimum absolute atomic E-state index is 0.0569. The fraction of sp³-hybridized carbons (Fsp3) is 0.828. The first kappa shape index (κ1) is 23.5. The Balaban J connectivity index is 1.30. The Morgan fingerprint density at radius 3 is 2.82 bits per heavy atom. The van der Waals surface area contributed by atoms with Gasteiger partial charge in [-0.3, -0.25) is 4.79 Å². The van der Waals surface area contributed by atoms with Crippen LogP contribution in [0.3, 0.4) is 0 Å². The van der Waals surface area contributed by atoms with Crippen LogP contribution >= 0.6 is 0 Å². The number of carbonyl (C=O) groups excluding carboxylic acids is 1. The third-order valence-corrected chi connectivity index (χ3v) is 10.8. The molecule has 0 aromatic rings. The minimum Gasteiger partial charge on any atom is -0.494 e. The third-order valence-electron chi connectivity index (χ3n) is 10.8. The number of nitrogens with one attached hydrogen (secondary N) is 1. The van der Waals surface area contributed by atoms with Gasteiger partial charge in [-0.25, -0.2) is 0 Å². The summed E-state index contributed by atoms with van der Waals surface area (Å²) in [5.74, 6) is 4.66. The number of hydrogen-bond donors (Lipinski definition) is 2. The number of carbonyl (C=O) groups is 1. The van der Waals surface area contributed by atoms with Crippen molar-refractivity contribution in [3.05, 3.63) is 23.0 Å². The average Bonchev–Trinajstić information content (AvgIpc) is 3.24. The maximum absolute atomic E-state index is 11.2. The first-order chi connectivity index (χ1) is 15.6. The molecule has 0 saturated heterocycles. The van der Waals surface area contributed by atoms with E-state index in [-0.39, 0.29) is 12.0 Å². The SMILES string of the molecule is CC(=O)NC[C@H](C)CCC1=C(C)[C@@H]2[C@@H](C[C@H]3[C@H]4CC=C5C[C@@H](O)CC[C@]5(C)[C@@H]4CC[C@@]23C)O1. The van der Waals surface area contributed by atoms with Crippen molar-refractivity contribution in [2.75, 3.05) is 6.54 Å². The molecule has 0 bridgehead atoms. The molecule has 33 heavy (non-hydrogen) atoms. The Hall–Kier alpha value is -1.29. The van der Waals surface area contributed by atoms with Crippen LogP contribution in [0.1, 0.15) is 92.4 Å². The Kier molecular flexibility index (Phi) is 5.99. The van der Waals surface area contributed by atoms with Crippen LogP contribution in [0.15, 0.2) is 23.0 Å². The lowest BCUT2D eigenvalue weighted by Gasteiger charge is -2.57. The molecular formula is C29H45NO3. The molecule has 0 spiro atoms. The molecule has 5 rings (SSSR count). The number of rotatable bonds is 5. The number of fused-ring (bicyclic) bond motifs is 7. The van der Waals surface area contributed by atoms with Crippen LogP contribution < -0.4 is 5.32 Å². The number of allylic oxidation sites excluding steroid dienone is 2. The van der Waals surface area contributed by atoms with Crippen molar-refractivity contribution in [3.8, 4) is 0 Å². The van der Waals surface area contributed by atoms with E-state index in [9.17, 15) is 9.90 Å². The van der Waals surface area contributed by atoms with Crippen molar-refractivity contribution in [3.63, 3.8) is 0 Å². The van der Waals surface area contributed by atoms with Crippen LogP contribution in [-0.4, -0.2) is 29.8 Å². The third kappa shape index (κ3) is 3.79. The zero-order valence-electron chi connectivity index (χ0n) is 21.5. The van der Waals surface area contributed by atoms with E-state index < -0.39 is 0 Å². The summed E-state index contributed by atoms with van der Waals surface area (Å²) in [4.78, 5) is 11.2. The molecule has 4 heteroatoms. The van der Waals surface area contributed by atoms with Gasteiger partial charge in [-0.15, -0.1) is 0 Å². The Labute approximate surface area is 200 Å². The molecule has 0 aromatic carbocycles. The van der Waals surface area contributed by atoms with Crippen molar-refractivity contribution in [2.45, 2.75) is 105 Å². The number of ether oxygens (including phenoxy) is 1. The zero-order chi connectivity index (χ0) is 23.5. The second-order valence-electron chi connectivity index (χ2n) is 12.8. The molecule has 2 N–H and O–H groups in total. The Morgan fingerprint density at radius 1 is 1.27 bits per heavy atom. The van der Waals surface area contributed by atoms with Crippen molar-refractivity contribution < 1.29 is 14.6 Å². The molecule has 5 aliphatic rings. The van der Waals surface area contributed by atoms with Gasteiger partial charge in [0.2, 0.25) is 5.91 Å². The van der Waals surface area contributed by atoms with Gasteiger partial charge in [0.05, 0.1) is 11.9 Å². The van der Waals surface area contributed by atoms with Gasteiger partial charge < -0.3 is 15.2 Å². The maximum atomic E-state index is 11.2. The van der Waals surface area contributed by atoms with Crippen LogP contribution in [0.4, 0.5) is 0 Å². The normalized spacial score (nSPS) is 44.7. The molecule has 1 amide bonds. The maximum Gasteiger partial charge on any atom is 0.216 e. The summed E-state index contributed by atoms with van der Waals surface area (Å²) >= 11 is 0.